The second-order valence-electron chi connectivity index (χ2n) is 10.9. The number of ether oxygens (including phenoxy) is 3. The highest BCUT2D eigenvalue weighted by atomic mass is 16.8. The number of carbonyl (C=O) groups excluding carboxylic acids is 2. The number of hydrogen-bond donors (Lipinski definition) is 0. The van der Waals surface area contributed by atoms with E-state index in [0.717, 1.165) is 19.3 Å². The molecule has 2 aliphatic heterocycles. The van der Waals surface area contributed by atoms with Gasteiger partial charge in [-0.2, -0.15) is 0 Å². The lowest BCUT2D eigenvalue weighted by atomic mass is 9.42. The molecule has 0 N–H and O–H groups in total. The van der Waals surface area contributed by atoms with Gasteiger partial charge in [-0.05, 0) is 47.8 Å². The minimum absolute atomic E-state index is 0.0489. The maximum atomic E-state index is 12.1. The third-order valence-corrected chi connectivity index (χ3v) is 9.15. The van der Waals surface area contributed by atoms with Crippen molar-refractivity contribution in [1.29, 1.82) is 0 Å². The molecule has 5 heteroatoms. The Labute approximate surface area is 161 Å². The van der Waals surface area contributed by atoms with Crippen molar-refractivity contribution in [2.75, 3.05) is 0 Å². The van der Waals surface area contributed by atoms with Crippen molar-refractivity contribution >= 4 is 11.9 Å². The second-order valence-corrected chi connectivity index (χ2v) is 10.9. The molecule has 5 nitrogen and oxygen atoms in total. The SMILES string of the molecule is CC(=O)O[C@@H]1C[C@H]2[C@@H](C)[C@]34CC(=O)O[C@@]3(C[C@@H]2[C@@]2(C)CCCC(C)(C)[C@H]12)O4. The van der Waals surface area contributed by atoms with Crippen molar-refractivity contribution in [2.45, 2.75) is 90.6 Å². The minimum atomic E-state index is -0.673. The Morgan fingerprint density at radius 3 is 2.67 bits per heavy atom. The summed E-state index contributed by atoms with van der Waals surface area (Å²) in [7, 11) is 0. The molecule has 27 heavy (non-hydrogen) atoms. The Bertz CT molecular complexity index is 715. The van der Waals surface area contributed by atoms with Gasteiger partial charge in [-0.25, -0.2) is 0 Å². The minimum Gasteiger partial charge on any atom is -0.462 e. The van der Waals surface area contributed by atoms with Crippen molar-refractivity contribution in [3.63, 3.8) is 0 Å². The zero-order valence-corrected chi connectivity index (χ0v) is 17.2. The maximum Gasteiger partial charge on any atom is 0.311 e. The third-order valence-electron chi connectivity index (χ3n) is 9.15. The van der Waals surface area contributed by atoms with E-state index in [2.05, 4.69) is 27.7 Å². The summed E-state index contributed by atoms with van der Waals surface area (Å²) in [5, 5.41) is 0. The maximum absolute atomic E-state index is 12.1. The van der Waals surface area contributed by atoms with Crippen molar-refractivity contribution in [3.05, 3.63) is 0 Å². The van der Waals surface area contributed by atoms with E-state index in [4.69, 9.17) is 14.2 Å². The topological polar surface area (TPSA) is 65.1 Å². The molecule has 2 saturated heterocycles. The fourth-order valence-electron chi connectivity index (χ4n) is 8.27. The molecule has 0 aromatic rings. The number of esters is 2. The van der Waals surface area contributed by atoms with E-state index >= 15 is 0 Å². The number of epoxide rings is 1. The average molecular weight is 376 g/mol. The van der Waals surface area contributed by atoms with Gasteiger partial charge in [-0.15, -0.1) is 0 Å². The molecular weight excluding hydrogens is 344 g/mol. The number of carbonyl (C=O) groups is 2. The Kier molecular flexibility index (Phi) is 3.38. The quantitative estimate of drug-likeness (QED) is 0.514. The second kappa shape index (κ2) is 5.08. The summed E-state index contributed by atoms with van der Waals surface area (Å²) in [6, 6.07) is 0. The molecule has 0 amide bonds. The van der Waals surface area contributed by atoms with Gasteiger partial charge in [0.25, 0.3) is 0 Å². The van der Waals surface area contributed by atoms with Gasteiger partial charge in [-0.3, -0.25) is 9.59 Å². The summed E-state index contributed by atoms with van der Waals surface area (Å²) in [4.78, 5) is 24.0. The van der Waals surface area contributed by atoms with E-state index in [1.165, 1.54) is 19.8 Å². The molecule has 2 heterocycles. The largest absolute Gasteiger partial charge is 0.462 e. The first-order valence-corrected chi connectivity index (χ1v) is 10.6. The van der Waals surface area contributed by atoms with Gasteiger partial charge in [0.05, 0.1) is 6.42 Å². The fraction of sp³-hybridized carbons (Fsp3) is 0.909. The lowest BCUT2D eigenvalue weighted by molar-refractivity contribution is -0.206. The van der Waals surface area contributed by atoms with Crippen LogP contribution in [0.1, 0.15) is 73.1 Å². The standard InChI is InChI=1S/C22H32O5/c1-12-14-9-16(25-13(2)23)18-19(3,4)7-6-8-20(18,5)15(14)10-22-21(12,27-22)11-17(24)26-22/h12,14-16,18H,6-11H2,1-5H3/t12-,14+,15+,16-,18+,20-,21-,22+/m1/s1. The summed E-state index contributed by atoms with van der Waals surface area (Å²) in [5.74, 6) is 0.433. The molecule has 0 spiro atoms. The van der Waals surface area contributed by atoms with E-state index in [-0.39, 0.29) is 34.8 Å². The zero-order valence-electron chi connectivity index (χ0n) is 17.2. The molecule has 0 radical (unpaired) electrons. The number of hydrogen-bond acceptors (Lipinski definition) is 5. The summed E-state index contributed by atoms with van der Waals surface area (Å²) < 4.78 is 17.9. The van der Waals surface area contributed by atoms with Gasteiger partial charge in [0, 0.05) is 19.3 Å². The van der Waals surface area contributed by atoms with Crippen LogP contribution in [-0.4, -0.2) is 29.4 Å². The van der Waals surface area contributed by atoms with Gasteiger partial charge in [0.1, 0.15) is 6.10 Å². The molecule has 8 atom stereocenters. The van der Waals surface area contributed by atoms with E-state index in [1.807, 2.05) is 0 Å². The molecular formula is C22H32O5. The van der Waals surface area contributed by atoms with Crippen molar-refractivity contribution in [3.8, 4) is 0 Å². The normalized spacial score (nSPS) is 54.7. The van der Waals surface area contributed by atoms with Gasteiger partial charge < -0.3 is 14.2 Å². The summed E-state index contributed by atoms with van der Waals surface area (Å²) in [6.07, 6.45) is 5.52. The van der Waals surface area contributed by atoms with Crippen LogP contribution in [0.2, 0.25) is 0 Å². The van der Waals surface area contributed by atoms with E-state index < -0.39 is 11.4 Å². The zero-order chi connectivity index (χ0) is 19.4. The highest BCUT2D eigenvalue weighted by Gasteiger charge is 2.85. The van der Waals surface area contributed by atoms with E-state index in [0.29, 0.717) is 24.2 Å². The molecule has 3 saturated carbocycles. The first kappa shape index (κ1) is 18.0. The molecule has 0 aromatic heterocycles. The molecule has 0 aromatic carbocycles. The Hall–Kier alpha value is -1.10. The Morgan fingerprint density at radius 2 is 1.96 bits per heavy atom. The van der Waals surface area contributed by atoms with Gasteiger partial charge in [-0.1, -0.05) is 34.1 Å². The van der Waals surface area contributed by atoms with Gasteiger partial charge in [0.2, 0.25) is 5.79 Å². The third kappa shape index (κ3) is 2.10. The van der Waals surface area contributed by atoms with Crippen LogP contribution in [0.3, 0.4) is 0 Å². The van der Waals surface area contributed by atoms with Crippen LogP contribution in [0.5, 0.6) is 0 Å². The fourth-order valence-corrected chi connectivity index (χ4v) is 8.27. The summed E-state index contributed by atoms with van der Waals surface area (Å²) >= 11 is 0. The molecule has 5 aliphatic rings. The predicted molar refractivity (Wildman–Crippen MR) is 97.4 cm³/mol. The van der Waals surface area contributed by atoms with Crippen molar-refractivity contribution in [2.24, 2.45) is 34.5 Å². The van der Waals surface area contributed by atoms with E-state index in [9.17, 15) is 9.59 Å². The summed E-state index contributed by atoms with van der Waals surface area (Å²) in [5.41, 5.74) is -0.232. The highest BCUT2D eigenvalue weighted by Crippen LogP contribution is 2.74. The monoisotopic (exact) mass is 376 g/mol. The first-order valence-electron chi connectivity index (χ1n) is 10.6. The van der Waals surface area contributed by atoms with Crippen LogP contribution < -0.4 is 0 Å². The molecule has 5 fully saturated rings. The average Bonchev–Trinajstić information content (AvgIpc) is 3.05. The molecule has 5 rings (SSSR count). The van der Waals surface area contributed by atoms with Gasteiger partial charge in [0.15, 0.2) is 5.60 Å². The highest BCUT2D eigenvalue weighted by molar-refractivity contribution is 5.76. The van der Waals surface area contributed by atoms with Crippen molar-refractivity contribution in [1.82, 2.24) is 0 Å². The van der Waals surface area contributed by atoms with Crippen LogP contribution in [0.4, 0.5) is 0 Å². The smallest absolute Gasteiger partial charge is 0.311 e. The molecule has 0 unspecified atom stereocenters. The summed E-state index contributed by atoms with van der Waals surface area (Å²) in [6.45, 7) is 10.8. The number of rotatable bonds is 1. The Morgan fingerprint density at radius 1 is 1.22 bits per heavy atom. The van der Waals surface area contributed by atoms with Crippen LogP contribution in [0, 0.1) is 34.5 Å². The number of fused-ring (bicyclic) bond motifs is 3. The molecule has 150 valence electrons. The lowest BCUT2D eigenvalue weighted by Crippen LogP contribution is -2.62. The van der Waals surface area contributed by atoms with Crippen LogP contribution in [0.25, 0.3) is 0 Å². The van der Waals surface area contributed by atoms with Crippen LogP contribution in [0.15, 0.2) is 0 Å². The van der Waals surface area contributed by atoms with Crippen LogP contribution >= 0.6 is 0 Å². The van der Waals surface area contributed by atoms with Gasteiger partial charge >= 0.3 is 11.9 Å². The lowest BCUT2D eigenvalue weighted by Gasteiger charge is -2.63. The molecule has 3 aliphatic carbocycles. The molecule has 0 bridgehead atoms. The first-order chi connectivity index (χ1) is 12.5. The van der Waals surface area contributed by atoms with Crippen LogP contribution in [-0.2, 0) is 23.8 Å². The van der Waals surface area contributed by atoms with E-state index in [1.54, 1.807) is 0 Å². The predicted octanol–water partition coefficient (Wildman–Crippen LogP) is 3.84. The Balaban J connectivity index is 1.57. The van der Waals surface area contributed by atoms with Crippen molar-refractivity contribution < 1.29 is 23.8 Å².